The number of imidazole rings is 1. The quantitative estimate of drug-likeness (QED) is 0.321. The molecule has 0 radical (unpaired) electrons. The number of ether oxygens (including phenoxy) is 1. The number of benzene rings is 1. The number of anilines is 3. The Morgan fingerprint density at radius 3 is 2.40 bits per heavy atom. The Morgan fingerprint density at radius 2 is 1.63 bits per heavy atom. The van der Waals surface area contributed by atoms with Crippen molar-refractivity contribution in [3.63, 3.8) is 0 Å². The predicted octanol–water partition coefficient (Wildman–Crippen LogP) is 2.89. The summed E-state index contributed by atoms with van der Waals surface area (Å²) in [5.41, 5.74) is 11.2. The second kappa shape index (κ2) is 11.6. The molecule has 2 N–H and O–H groups in total. The van der Waals surface area contributed by atoms with Gasteiger partial charge in [0.1, 0.15) is 41.1 Å². The van der Waals surface area contributed by atoms with Crippen molar-refractivity contribution in [3.05, 3.63) is 78.4 Å². The van der Waals surface area contributed by atoms with Gasteiger partial charge in [-0.1, -0.05) is 12.1 Å². The van der Waals surface area contributed by atoms with Crippen LogP contribution < -0.4 is 15.5 Å². The van der Waals surface area contributed by atoms with E-state index >= 15 is 0 Å². The molecule has 12 heteroatoms. The number of pyridine rings is 2. The molecule has 5 aromatic rings. The summed E-state index contributed by atoms with van der Waals surface area (Å²) in [5.74, 6) is 2.84. The lowest BCUT2D eigenvalue weighted by Gasteiger charge is -2.35. The first-order valence-corrected chi connectivity index (χ1v) is 14.4. The minimum absolute atomic E-state index is 0.389. The summed E-state index contributed by atoms with van der Waals surface area (Å²) in [4.78, 5) is 29.6. The van der Waals surface area contributed by atoms with Gasteiger partial charge in [-0.25, -0.2) is 24.9 Å². The summed E-state index contributed by atoms with van der Waals surface area (Å²) in [6.45, 7) is 7.31. The normalized spacial score (nSPS) is 16.0. The van der Waals surface area contributed by atoms with E-state index in [1.54, 1.807) is 12.3 Å². The molecule has 43 heavy (non-hydrogen) atoms. The highest BCUT2D eigenvalue weighted by atomic mass is 16.5. The van der Waals surface area contributed by atoms with Crippen molar-refractivity contribution < 1.29 is 4.74 Å². The molecule has 0 aliphatic carbocycles. The maximum atomic E-state index is 9.16. The van der Waals surface area contributed by atoms with Crippen LogP contribution in [0.3, 0.4) is 0 Å². The third kappa shape index (κ3) is 5.43. The van der Waals surface area contributed by atoms with Gasteiger partial charge in [0.25, 0.3) is 0 Å². The van der Waals surface area contributed by atoms with Gasteiger partial charge in [0.2, 0.25) is 0 Å². The summed E-state index contributed by atoms with van der Waals surface area (Å²) in [5, 5.41) is 9.16. The SMILES string of the molecule is N#Cc1cc(N2CCN(Cc3ccc(-n4c(-c5cccnc5N)nc5ccc(N6CCOCC6)nc54)cc3)CC2)ncn1. The van der Waals surface area contributed by atoms with E-state index in [0.29, 0.717) is 30.5 Å². The van der Waals surface area contributed by atoms with Gasteiger partial charge in [-0.15, -0.1) is 0 Å². The van der Waals surface area contributed by atoms with Gasteiger partial charge in [0, 0.05) is 63.8 Å². The van der Waals surface area contributed by atoms with Gasteiger partial charge in [0.05, 0.1) is 18.8 Å². The van der Waals surface area contributed by atoms with Gasteiger partial charge in [0.15, 0.2) is 11.5 Å². The first kappa shape index (κ1) is 26.8. The summed E-state index contributed by atoms with van der Waals surface area (Å²) in [7, 11) is 0. The lowest BCUT2D eigenvalue weighted by molar-refractivity contribution is 0.122. The highest BCUT2D eigenvalue weighted by Crippen LogP contribution is 2.31. The first-order valence-electron chi connectivity index (χ1n) is 14.4. The Hall–Kier alpha value is -5.12. The van der Waals surface area contributed by atoms with Crippen molar-refractivity contribution in [1.29, 1.82) is 5.26 Å². The molecule has 6 heterocycles. The van der Waals surface area contributed by atoms with Crippen LogP contribution in [-0.4, -0.2) is 86.9 Å². The van der Waals surface area contributed by atoms with Crippen LogP contribution in [0.5, 0.6) is 0 Å². The third-order valence-corrected chi connectivity index (χ3v) is 7.97. The molecule has 12 nitrogen and oxygen atoms in total. The monoisotopic (exact) mass is 573 g/mol. The Balaban J connectivity index is 1.15. The highest BCUT2D eigenvalue weighted by molar-refractivity contribution is 5.83. The fraction of sp³-hybridized carbons (Fsp3) is 0.290. The molecule has 7 rings (SSSR count). The maximum Gasteiger partial charge on any atom is 0.167 e. The first-order chi connectivity index (χ1) is 21.2. The second-order valence-corrected chi connectivity index (χ2v) is 10.6. The smallest absolute Gasteiger partial charge is 0.167 e. The molecule has 2 aliphatic heterocycles. The fourth-order valence-corrected chi connectivity index (χ4v) is 5.67. The zero-order valence-corrected chi connectivity index (χ0v) is 23.7. The summed E-state index contributed by atoms with van der Waals surface area (Å²) in [6.07, 6.45) is 3.14. The highest BCUT2D eigenvalue weighted by Gasteiger charge is 2.22. The van der Waals surface area contributed by atoms with Gasteiger partial charge in [-0.3, -0.25) is 9.47 Å². The van der Waals surface area contributed by atoms with Crippen molar-refractivity contribution in [2.75, 3.05) is 68.0 Å². The van der Waals surface area contributed by atoms with Gasteiger partial charge >= 0.3 is 0 Å². The summed E-state index contributed by atoms with van der Waals surface area (Å²) >= 11 is 0. The van der Waals surface area contributed by atoms with E-state index in [1.165, 1.54) is 11.9 Å². The molecule has 0 bridgehead atoms. The molecule has 0 spiro atoms. The van der Waals surface area contributed by atoms with Crippen LogP contribution in [0.1, 0.15) is 11.3 Å². The number of nitrogens with two attached hydrogens (primary N) is 1. The standard InChI is InChI=1S/C31H31N11O/c32-19-23-18-28(36-21-35-23)40-12-10-39(11-13-40)20-22-3-5-24(6-4-22)42-30(25-2-1-9-34-29(25)33)37-26-7-8-27(38-31(26)42)41-14-16-43-17-15-41/h1-9,18,21H,10-17,20H2,(H2,33,34). The maximum absolute atomic E-state index is 9.16. The molecule has 1 aromatic carbocycles. The lowest BCUT2D eigenvalue weighted by Crippen LogP contribution is -2.46. The van der Waals surface area contributed by atoms with Crippen LogP contribution in [-0.2, 0) is 11.3 Å². The zero-order chi connectivity index (χ0) is 29.2. The van der Waals surface area contributed by atoms with Crippen LogP contribution in [0.4, 0.5) is 17.5 Å². The summed E-state index contributed by atoms with van der Waals surface area (Å²) in [6, 6.07) is 20.3. The van der Waals surface area contributed by atoms with Crippen LogP contribution in [0.15, 0.2) is 67.1 Å². The molecular formula is C31H31N11O. The Bertz CT molecular complexity index is 1780. The Morgan fingerprint density at radius 1 is 0.837 bits per heavy atom. The number of rotatable bonds is 6. The van der Waals surface area contributed by atoms with Gasteiger partial charge in [-0.05, 0) is 42.0 Å². The van der Waals surface area contributed by atoms with E-state index in [2.05, 4.69) is 64.6 Å². The van der Waals surface area contributed by atoms with Crippen molar-refractivity contribution in [2.24, 2.45) is 0 Å². The number of nitrogen functional groups attached to an aromatic ring is 1. The number of hydrogen-bond acceptors (Lipinski definition) is 11. The molecule has 2 saturated heterocycles. The molecule has 0 saturated carbocycles. The number of fused-ring (bicyclic) bond motifs is 1. The fourth-order valence-electron chi connectivity index (χ4n) is 5.67. The van der Waals surface area contributed by atoms with E-state index in [9.17, 15) is 0 Å². The molecule has 0 unspecified atom stereocenters. The van der Waals surface area contributed by atoms with Gasteiger partial charge in [-0.2, -0.15) is 5.26 Å². The molecule has 216 valence electrons. The largest absolute Gasteiger partial charge is 0.383 e. The van der Waals surface area contributed by atoms with Crippen LogP contribution in [0.2, 0.25) is 0 Å². The lowest BCUT2D eigenvalue weighted by atomic mass is 10.1. The second-order valence-electron chi connectivity index (χ2n) is 10.6. The third-order valence-electron chi connectivity index (χ3n) is 7.97. The van der Waals surface area contributed by atoms with Crippen molar-refractivity contribution in [3.8, 4) is 23.1 Å². The average molecular weight is 574 g/mol. The number of nitriles is 1. The van der Waals surface area contributed by atoms with Crippen LogP contribution in [0.25, 0.3) is 28.2 Å². The molecular weight excluding hydrogens is 542 g/mol. The Labute approximate surface area is 249 Å². The van der Waals surface area contributed by atoms with E-state index < -0.39 is 0 Å². The summed E-state index contributed by atoms with van der Waals surface area (Å²) < 4.78 is 7.62. The van der Waals surface area contributed by atoms with Crippen LogP contribution in [0, 0.1) is 11.3 Å². The molecule has 4 aromatic heterocycles. The molecule has 2 fully saturated rings. The minimum Gasteiger partial charge on any atom is -0.383 e. The van der Waals surface area contributed by atoms with E-state index in [1.807, 2.05) is 24.3 Å². The topological polar surface area (TPSA) is 138 Å². The van der Waals surface area contributed by atoms with E-state index in [-0.39, 0.29) is 0 Å². The number of piperazine rings is 1. The van der Waals surface area contributed by atoms with E-state index in [4.69, 9.17) is 25.7 Å². The number of morpholine rings is 1. The van der Waals surface area contributed by atoms with Crippen LogP contribution >= 0.6 is 0 Å². The van der Waals surface area contributed by atoms with Crippen molar-refractivity contribution in [2.45, 2.75) is 6.54 Å². The van der Waals surface area contributed by atoms with Gasteiger partial charge < -0.3 is 20.3 Å². The predicted molar refractivity (Wildman–Crippen MR) is 164 cm³/mol. The molecule has 2 aliphatic rings. The zero-order valence-electron chi connectivity index (χ0n) is 23.7. The average Bonchev–Trinajstić information content (AvgIpc) is 3.44. The van der Waals surface area contributed by atoms with Crippen molar-refractivity contribution in [1.82, 2.24) is 34.4 Å². The number of hydrogen-bond donors (Lipinski definition) is 1. The van der Waals surface area contributed by atoms with Crippen molar-refractivity contribution >= 4 is 28.6 Å². The number of nitrogens with zero attached hydrogens (tertiary/aromatic N) is 10. The number of aromatic nitrogens is 6. The molecule has 0 amide bonds. The molecule has 0 atom stereocenters. The Kier molecular flexibility index (Phi) is 7.24. The van der Waals surface area contributed by atoms with E-state index in [0.717, 1.165) is 79.9 Å². The minimum atomic E-state index is 0.389.